The van der Waals surface area contributed by atoms with E-state index in [9.17, 15) is 23.1 Å². The van der Waals surface area contributed by atoms with E-state index in [0.29, 0.717) is 29.0 Å². The first-order valence-electron chi connectivity index (χ1n) is 10.3. The Hall–Kier alpha value is -1.24. The summed E-state index contributed by atoms with van der Waals surface area (Å²) in [5.74, 6) is -2.58. The maximum absolute atomic E-state index is 15.3. The molecule has 1 aliphatic heterocycles. The number of aromatic hydroxyl groups is 1. The van der Waals surface area contributed by atoms with Gasteiger partial charge in [-0.3, -0.25) is 9.59 Å². The van der Waals surface area contributed by atoms with Crippen LogP contribution in [0.5, 0.6) is 5.75 Å². The number of phenols is 1. The molecule has 0 saturated carbocycles. The monoisotopic (exact) mass is 506 g/mol. The van der Waals surface area contributed by atoms with Gasteiger partial charge in [0.25, 0.3) is 5.91 Å². The summed E-state index contributed by atoms with van der Waals surface area (Å²) in [4.78, 5) is 23.7. The van der Waals surface area contributed by atoms with Crippen LogP contribution in [-0.2, 0) is 31.0 Å². The van der Waals surface area contributed by atoms with Crippen LogP contribution in [0, 0.1) is 11.2 Å². The number of ether oxygens (including phenoxy) is 1. The molecule has 0 bridgehead atoms. The molecule has 0 spiro atoms. The molecule has 2 aromatic carbocycles. The number of anilines is 1. The molecule has 1 amide bonds. The molecule has 0 atom stereocenters. The van der Waals surface area contributed by atoms with Crippen molar-refractivity contribution < 1.29 is 32.2 Å². The van der Waals surface area contributed by atoms with Crippen LogP contribution >= 0.6 is 0 Å². The van der Waals surface area contributed by atoms with Gasteiger partial charge in [0.2, 0.25) is 0 Å². The number of carbonyl (C=O) groups is 2. The molecule has 1 heterocycles. The van der Waals surface area contributed by atoms with E-state index >= 15 is 4.39 Å². The Morgan fingerprint density at radius 3 is 2.55 bits per heavy atom. The number of nitrogens with zero attached hydrogens (tertiary/aromatic N) is 1. The van der Waals surface area contributed by atoms with Gasteiger partial charge < -0.3 is 9.84 Å². The number of phenolic OH excluding ortho intramolecular Hbond substituents is 1. The zero-order valence-corrected chi connectivity index (χ0v) is 19.3. The predicted octanol–water partition coefficient (Wildman–Crippen LogP) is 2.52. The van der Waals surface area contributed by atoms with Gasteiger partial charge in [0.1, 0.15) is 18.0 Å². The molecule has 0 aromatic heterocycles. The second-order valence-electron chi connectivity index (χ2n) is 8.84. The van der Waals surface area contributed by atoms with E-state index in [1.54, 1.807) is 36.8 Å². The Bertz CT molecular complexity index is 1180. The summed E-state index contributed by atoms with van der Waals surface area (Å²) >= 11 is 0. The van der Waals surface area contributed by atoms with Gasteiger partial charge in [-0.15, -0.1) is 0 Å². The van der Waals surface area contributed by atoms with E-state index in [0.717, 1.165) is 5.56 Å². The molecule has 176 valence electrons. The minimum atomic E-state index is -4.27. The molecule has 3 rings (SSSR count). The number of fused-ring (bicyclic) bond motifs is 1. The van der Waals surface area contributed by atoms with Crippen molar-refractivity contribution in [3.8, 4) is 5.75 Å². The fourth-order valence-corrected chi connectivity index (χ4v) is 4.79. The van der Waals surface area contributed by atoms with Crippen molar-refractivity contribution in [3.05, 3.63) is 35.6 Å². The fraction of sp³-hybridized carbons (Fsp3) is 0.455. The van der Waals surface area contributed by atoms with Gasteiger partial charge in [-0.1, -0.05) is 12.1 Å². The molecule has 0 aliphatic carbocycles. The van der Waals surface area contributed by atoms with Crippen LogP contribution in [0.25, 0.3) is 10.8 Å². The molecule has 8 nitrogen and oxygen atoms in total. The fourth-order valence-electron chi connectivity index (χ4n) is 3.62. The zero-order chi connectivity index (χ0) is 23.8. The maximum atomic E-state index is 15.3. The summed E-state index contributed by atoms with van der Waals surface area (Å²) in [5, 5.41) is 10.8. The zero-order valence-electron chi connectivity index (χ0n) is 18.4. The van der Waals surface area contributed by atoms with Crippen molar-refractivity contribution >= 4 is 89.9 Å². The van der Waals surface area contributed by atoms with Gasteiger partial charge in [-0.05, 0) is 70.0 Å². The van der Waals surface area contributed by atoms with Crippen molar-refractivity contribution in [1.82, 2.24) is 4.72 Å². The van der Waals surface area contributed by atoms with E-state index < -0.39 is 45.3 Å². The Balaban J connectivity index is 0.00000385. The van der Waals surface area contributed by atoms with Crippen LogP contribution in [0.4, 0.5) is 10.1 Å². The number of halogens is 1. The molecule has 1 fully saturated rings. The standard InChI is InChI=1S/C22H27FN2O6S.K.H/c1-13(2)31-21(28)22(3,4)9-5-6-14-7-8-15-11-17(26)20(19(23)16(15)10-14)25-12-18(27)24-32(25,29)30;;/h7-8,10-11,13,26H,5-6,9,12H2,1-4H3,(H,24,27);;. The second-order valence-corrected chi connectivity index (χ2v) is 10.4. The van der Waals surface area contributed by atoms with Gasteiger partial charge in [-0.25, -0.2) is 13.4 Å². The Morgan fingerprint density at radius 2 is 1.97 bits per heavy atom. The van der Waals surface area contributed by atoms with Crippen LogP contribution in [0.3, 0.4) is 0 Å². The molecule has 0 unspecified atom stereocenters. The number of hydrogen-bond acceptors (Lipinski definition) is 6. The van der Waals surface area contributed by atoms with Gasteiger partial charge >= 0.3 is 67.6 Å². The Morgan fingerprint density at radius 1 is 1.30 bits per heavy atom. The first-order chi connectivity index (χ1) is 14.8. The molecular formula is C22H28FKN2O6S. The number of nitrogens with one attached hydrogen (secondary N) is 1. The normalized spacial score (nSPS) is 15.5. The molecule has 1 saturated heterocycles. The van der Waals surface area contributed by atoms with Crippen molar-refractivity contribution in [3.63, 3.8) is 0 Å². The van der Waals surface area contributed by atoms with Gasteiger partial charge in [0.05, 0.1) is 11.5 Å². The molecule has 1 aliphatic rings. The number of esters is 1. The molecule has 0 radical (unpaired) electrons. The summed E-state index contributed by atoms with van der Waals surface area (Å²) in [6, 6.07) is 6.28. The number of hydrogen-bond donors (Lipinski definition) is 2. The quantitative estimate of drug-likeness (QED) is 0.441. The molecule has 2 aromatic rings. The third-order valence-corrected chi connectivity index (χ3v) is 6.71. The van der Waals surface area contributed by atoms with Crippen molar-refractivity contribution in [2.45, 2.75) is 53.1 Å². The van der Waals surface area contributed by atoms with E-state index in [-0.39, 0.29) is 68.8 Å². The van der Waals surface area contributed by atoms with Crippen molar-refractivity contribution in [2.24, 2.45) is 5.41 Å². The minimum absolute atomic E-state index is 0. The summed E-state index contributed by atoms with van der Waals surface area (Å²) in [6.45, 7) is 6.61. The van der Waals surface area contributed by atoms with Crippen LogP contribution in [0.1, 0.15) is 46.1 Å². The third-order valence-electron chi connectivity index (χ3n) is 5.33. The second kappa shape index (κ2) is 10.6. The SMILES string of the molecule is CC(C)OC(=O)C(C)(C)CCCc1ccc2cc(O)c(N3CC(=O)NS3(=O)=O)c(F)c2c1.[KH]. The average molecular weight is 507 g/mol. The van der Waals surface area contributed by atoms with E-state index in [1.807, 2.05) is 13.8 Å². The predicted molar refractivity (Wildman–Crippen MR) is 125 cm³/mol. The van der Waals surface area contributed by atoms with Gasteiger partial charge in [0, 0.05) is 5.39 Å². The van der Waals surface area contributed by atoms with E-state index in [1.165, 1.54) is 6.07 Å². The summed E-state index contributed by atoms with van der Waals surface area (Å²) in [5.41, 5.74) is -0.431. The first kappa shape index (κ1) is 28.0. The Kier molecular flexibility index (Phi) is 8.97. The number of carbonyl (C=O) groups excluding carboxylic acids is 2. The van der Waals surface area contributed by atoms with E-state index in [2.05, 4.69) is 0 Å². The van der Waals surface area contributed by atoms with Crippen LogP contribution in [0.15, 0.2) is 24.3 Å². The average Bonchev–Trinajstić information content (AvgIpc) is 2.93. The summed E-state index contributed by atoms with van der Waals surface area (Å²) in [7, 11) is -4.27. The van der Waals surface area contributed by atoms with Crippen molar-refractivity contribution in [1.29, 1.82) is 0 Å². The molecule has 11 heteroatoms. The third kappa shape index (κ3) is 6.26. The topological polar surface area (TPSA) is 113 Å². The number of amides is 1. The molecule has 2 N–H and O–H groups in total. The first-order valence-corrected chi connectivity index (χ1v) is 11.7. The van der Waals surface area contributed by atoms with Gasteiger partial charge in [0.15, 0.2) is 5.82 Å². The number of aryl methyl sites for hydroxylation is 1. The van der Waals surface area contributed by atoms with Crippen LogP contribution < -0.4 is 9.03 Å². The van der Waals surface area contributed by atoms with Crippen LogP contribution in [0.2, 0.25) is 0 Å². The van der Waals surface area contributed by atoms with Crippen LogP contribution in [-0.4, -0.2) is 89.4 Å². The summed E-state index contributed by atoms with van der Waals surface area (Å²) in [6.07, 6.45) is 1.59. The van der Waals surface area contributed by atoms with Crippen molar-refractivity contribution in [2.75, 3.05) is 10.8 Å². The molecule has 33 heavy (non-hydrogen) atoms. The van der Waals surface area contributed by atoms with Gasteiger partial charge in [-0.2, -0.15) is 8.42 Å². The molecular weight excluding hydrogens is 478 g/mol. The van der Waals surface area contributed by atoms with E-state index in [4.69, 9.17) is 4.74 Å². The summed E-state index contributed by atoms with van der Waals surface area (Å²) < 4.78 is 47.1. The number of benzene rings is 2. The number of rotatable bonds is 7. The Labute approximate surface area is 235 Å².